The maximum Gasteiger partial charge on any atom is 0.215 e. The number of halogens is 1. The lowest BCUT2D eigenvalue weighted by Crippen LogP contribution is -1.96. The second-order valence-electron chi connectivity index (χ2n) is 3.71. The van der Waals surface area contributed by atoms with Gasteiger partial charge < -0.3 is 9.05 Å². The molecule has 86 valence electrons. The molecule has 1 atom stereocenters. The number of hydrogen-bond acceptors (Lipinski definition) is 2. The van der Waals surface area contributed by atoms with Crippen molar-refractivity contribution < 1.29 is 9.05 Å². The molecule has 0 bridgehead atoms. The van der Waals surface area contributed by atoms with Crippen LogP contribution in [0.3, 0.4) is 0 Å². The lowest BCUT2D eigenvalue weighted by atomic mass is 10.2. The molecular formula is C11H18BrO2P. The normalized spacial score (nSPS) is 10.7. The minimum Gasteiger partial charge on any atom is -0.450 e. The van der Waals surface area contributed by atoms with Gasteiger partial charge in [0, 0.05) is 0 Å². The summed E-state index contributed by atoms with van der Waals surface area (Å²) in [5.41, 5.74) is 1.20. The molecule has 1 unspecified atom stereocenters. The highest BCUT2D eigenvalue weighted by molar-refractivity contribution is 8.93. The first-order chi connectivity index (χ1) is 6.68. The van der Waals surface area contributed by atoms with Gasteiger partial charge in [-0.05, 0) is 30.5 Å². The summed E-state index contributed by atoms with van der Waals surface area (Å²) in [7, 11) is 0.0988. The average Bonchev–Trinajstić information content (AvgIpc) is 2.12. The van der Waals surface area contributed by atoms with Gasteiger partial charge in [-0.1, -0.05) is 26.0 Å². The van der Waals surface area contributed by atoms with Crippen LogP contribution in [0.15, 0.2) is 24.3 Å². The lowest BCUT2D eigenvalue weighted by Gasteiger charge is -2.07. The highest BCUT2D eigenvalue weighted by Crippen LogP contribution is 2.22. The van der Waals surface area contributed by atoms with Crippen molar-refractivity contribution >= 4 is 26.0 Å². The van der Waals surface area contributed by atoms with Crippen LogP contribution in [0.4, 0.5) is 0 Å². The third kappa shape index (κ3) is 6.88. The summed E-state index contributed by atoms with van der Waals surface area (Å²) in [5, 5.41) is 0. The Bertz CT molecular complexity index is 279. The third-order valence-corrected chi connectivity index (χ3v) is 2.23. The average molecular weight is 293 g/mol. The van der Waals surface area contributed by atoms with Crippen LogP contribution >= 0.6 is 26.0 Å². The van der Waals surface area contributed by atoms with E-state index in [9.17, 15) is 0 Å². The van der Waals surface area contributed by atoms with Crippen LogP contribution in [0.2, 0.25) is 0 Å². The van der Waals surface area contributed by atoms with Crippen molar-refractivity contribution in [2.24, 2.45) is 5.92 Å². The molecular weight excluding hydrogens is 275 g/mol. The molecule has 0 fully saturated rings. The molecule has 1 aromatic rings. The Kier molecular flexibility index (Phi) is 8.03. The standard InChI is InChI=1S/C11H17O2P.BrH/c1-9(2)8-12-14-13-11-6-4-5-10(3)7-11;/h4-7,9,14H,8H2,1-3H3;1H. The number of rotatable bonds is 5. The molecule has 1 rings (SSSR count). The predicted octanol–water partition coefficient (Wildman–Crippen LogP) is 4.13. The summed E-state index contributed by atoms with van der Waals surface area (Å²) in [4.78, 5) is 0. The summed E-state index contributed by atoms with van der Waals surface area (Å²) in [6.45, 7) is 7.05. The summed E-state index contributed by atoms with van der Waals surface area (Å²) in [6, 6.07) is 7.98. The zero-order valence-electron chi connectivity index (χ0n) is 9.32. The molecule has 0 radical (unpaired) electrons. The van der Waals surface area contributed by atoms with Crippen molar-refractivity contribution in [1.29, 1.82) is 0 Å². The Morgan fingerprint density at radius 3 is 2.67 bits per heavy atom. The highest BCUT2D eigenvalue weighted by Gasteiger charge is 1.96. The first-order valence-corrected chi connectivity index (χ1v) is 5.60. The Labute approximate surface area is 104 Å². The van der Waals surface area contributed by atoms with Crippen LogP contribution in [-0.2, 0) is 4.52 Å². The summed E-state index contributed by atoms with van der Waals surface area (Å²) in [5.74, 6) is 1.44. The largest absolute Gasteiger partial charge is 0.450 e. The van der Waals surface area contributed by atoms with E-state index in [0.29, 0.717) is 5.92 Å². The fourth-order valence-electron chi connectivity index (χ4n) is 0.957. The van der Waals surface area contributed by atoms with Gasteiger partial charge >= 0.3 is 0 Å². The van der Waals surface area contributed by atoms with Crippen molar-refractivity contribution in [3.05, 3.63) is 29.8 Å². The number of hydrogen-bond donors (Lipinski definition) is 0. The molecule has 0 saturated heterocycles. The van der Waals surface area contributed by atoms with Gasteiger partial charge in [-0.3, -0.25) is 0 Å². The van der Waals surface area contributed by atoms with Crippen LogP contribution in [-0.4, -0.2) is 6.61 Å². The van der Waals surface area contributed by atoms with E-state index in [1.54, 1.807) is 0 Å². The Morgan fingerprint density at radius 1 is 1.33 bits per heavy atom. The van der Waals surface area contributed by atoms with E-state index in [0.717, 1.165) is 12.4 Å². The molecule has 0 aromatic heterocycles. The molecule has 0 N–H and O–H groups in total. The zero-order valence-corrected chi connectivity index (χ0v) is 12.0. The maximum atomic E-state index is 5.44. The van der Waals surface area contributed by atoms with Gasteiger partial charge in [-0.15, -0.1) is 17.0 Å². The first kappa shape index (κ1) is 14.9. The van der Waals surface area contributed by atoms with E-state index in [1.807, 2.05) is 31.2 Å². The molecule has 4 heteroatoms. The molecule has 0 heterocycles. The quantitative estimate of drug-likeness (QED) is 0.600. The van der Waals surface area contributed by atoms with Crippen LogP contribution in [0.5, 0.6) is 5.75 Å². The number of aryl methyl sites for hydroxylation is 1. The van der Waals surface area contributed by atoms with Crippen LogP contribution < -0.4 is 4.52 Å². The molecule has 0 aliphatic carbocycles. The summed E-state index contributed by atoms with van der Waals surface area (Å²) < 4.78 is 10.8. The first-order valence-electron chi connectivity index (χ1n) is 4.79. The molecule has 15 heavy (non-hydrogen) atoms. The van der Waals surface area contributed by atoms with Crippen molar-refractivity contribution in [1.82, 2.24) is 0 Å². The predicted molar refractivity (Wildman–Crippen MR) is 71.2 cm³/mol. The van der Waals surface area contributed by atoms with Crippen molar-refractivity contribution in [3.8, 4) is 5.75 Å². The Morgan fingerprint density at radius 2 is 2.07 bits per heavy atom. The Hall–Kier alpha value is -0.110. The fraction of sp³-hybridized carbons (Fsp3) is 0.455. The van der Waals surface area contributed by atoms with Gasteiger partial charge in [0.25, 0.3) is 0 Å². The molecule has 2 nitrogen and oxygen atoms in total. The summed E-state index contributed by atoms with van der Waals surface area (Å²) >= 11 is 0. The van der Waals surface area contributed by atoms with Crippen LogP contribution in [0, 0.1) is 12.8 Å². The van der Waals surface area contributed by atoms with Gasteiger partial charge in [0.2, 0.25) is 9.03 Å². The van der Waals surface area contributed by atoms with Gasteiger partial charge in [-0.2, -0.15) is 0 Å². The fourth-order valence-corrected chi connectivity index (χ4v) is 1.64. The molecule has 0 spiro atoms. The molecule has 0 aliphatic heterocycles. The van der Waals surface area contributed by atoms with Crippen molar-refractivity contribution in [3.63, 3.8) is 0 Å². The minimum absolute atomic E-state index is 0. The maximum absolute atomic E-state index is 5.44. The van der Waals surface area contributed by atoms with E-state index in [1.165, 1.54) is 5.56 Å². The monoisotopic (exact) mass is 292 g/mol. The highest BCUT2D eigenvalue weighted by atomic mass is 79.9. The van der Waals surface area contributed by atoms with Gasteiger partial charge in [0.15, 0.2) is 0 Å². The minimum atomic E-state index is 0. The van der Waals surface area contributed by atoms with Crippen molar-refractivity contribution in [2.75, 3.05) is 6.61 Å². The topological polar surface area (TPSA) is 18.5 Å². The molecule has 0 amide bonds. The van der Waals surface area contributed by atoms with E-state index < -0.39 is 0 Å². The SMILES string of the molecule is Br.Cc1cccc(OPOCC(C)C)c1. The molecule has 0 aliphatic rings. The van der Waals surface area contributed by atoms with E-state index in [4.69, 9.17) is 9.05 Å². The lowest BCUT2D eigenvalue weighted by molar-refractivity contribution is 0.283. The van der Waals surface area contributed by atoms with Crippen LogP contribution in [0.1, 0.15) is 19.4 Å². The second kappa shape index (κ2) is 8.09. The third-order valence-electron chi connectivity index (χ3n) is 1.62. The van der Waals surface area contributed by atoms with Crippen molar-refractivity contribution in [2.45, 2.75) is 20.8 Å². The molecule has 0 saturated carbocycles. The summed E-state index contributed by atoms with van der Waals surface area (Å²) in [6.07, 6.45) is 0. The van der Waals surface area contributed by atoms with Gasteiger partial charge in [0.1, 0.15) is 5.75 Å². The van der Waals surface area contributed by atoms with Gasteiger partial charge in [-0.25, -0.2) is 0 Å². The second-order valence-corrected chi connectivity index (χ2v) is 4.37. The smallest absolute Gasteiger partial charge is 0.215 e. The van der Waals surface area contributed by atoms with Gasteiger partial charge in [0.05, 0.1) is 6.61 Å². The Balaban J connectivity index is 0.00000196. The van der Waals surface area contributed by atoms with E-state index in [2.05, 4.69) is 13.8 Å². The van der Waals surface area contributed by atoms with E-state index in [-0.39, 0.29) is 26.0 Å². The van der Waals surface area contributed by atoms with E-state index >= 15 is 0 Å². The zero-order chi connectivity index (χ0) is 10.4. The number of benzene rings is 1. The molecule has 1 aromatic carbocycles. The van der Waals surface area contributed by atoms with Crippen LogP contribution in [0.25, 0.3) is 0 Å².